The first kappa shape index (κ1) is 13.3. The van der Waals surface area contributed by atoms with Crippen LogP contribution in [0.1, 0.15) is 49.8 Å². The predicted octanol–water partition coefficient (Wildman–Crippen LogP) is 2.28. The molecule has 1 fully saturated rings. The van der Waals surface area contributed by atoms with Crippen LogP contribution < -0.4 is 10.6 Å². The van der Waals surface area contributed by atoms with Crippen molar-refractivity contribution in [3.63, 3.8) is 0 Å². The fourth-order valence-electron chi connectivity index (χ4n) is 2.35. The van der Waals surface area contributed by atoms with Crippen LogP contribution in [0.15, 0.2) is 0 Å². The van der Waals surface area contributed by atoms with E-state index in [9.17, 15) is 4.79 Å². The lowest BCUT2D eigenvalue weighted by Crippen LogP contribution is -2.41. The lowest BCUT2D eigenvalue weighted by atomic mass is 9.87. The first-order chi connectivity index (χ1) is 8.53. The second kappa shape index (κ2) is 5.22. The SMILES string of the molecule is CCNc1nnc(C(=O)NC2CCCC2(C)C)s1. The van der Waals surface area contributed by atoms with Crippen molar-refractivity contribution in [1.29, 1.82) is 0 Å². The third-order valence-electron chi connectivity index (χ3n) is 3.51. The molecule has 0 spiro atoms. The average molecular weight is 268 g/mol. The molecule has 5 nitrogen and oxygen atoms in total. The van der Waals surface area contributed by atoms with E-state index in [4.69, 9.17) is 0 Å². The molecule has 1 aromatic heterocycles. The van der Waals surface area contributed by atoms with E-state index in [2.05, 4.69) is 34.7 Å². The van der Waals surface area contributed by atoms with E-state index in [1.807, 2.05) is 6.92 Å². The van der Waals surface area contributed by atoms with E-state index < -0.39 is 0 Å². The molecule has 0 bridgehead atoms. The summed E-state index contributed by atoms with van der Waals surface area (Å²) in [6.07, 6.45) is 3.39. The van der Waals surface area contributed by atoms with E-state index in [1.54, 1.807) is 0 Å². The number of carbonyl (C=O) groups excluding carboxylic acids is 1. The van der Waals surface area contributed by atoms with Crippen LogP contribution in [-0.2, 0) is 0 Å². The minimum absolute atomic E-state index is 0.100. The Bertz CT molecular complexity index is 429. The molecule has 0 aromatic carbocycles. The van der Waals surface area contributed by atoms with Gasteiger partial charge in [0.15, 0.2) is 0 Å². The van der Waals surface area contributed by atoms with E-state index in [0.717, 1.165) is 19.4 Å². The maximum absolute atomic E-state index is 12.1. The number of aromatic nitrogens is 2. The van der Waals surface area contributed by atoms with Crippen LogP contribution in [-0.4, -0.2) is 28.7 Å². The van der Waals surface area contributed by atoms with Crippen LogP contribution in [0.3, 0.4) is 0 Å². The van der Waals surface area contributed by atoms with Gasteiger partial charge in [-0.05, 0) is 25.2 Å². The summed E-state index contributed by atoms with van der Waals surface area (Å²) in [5.41, 5.74) is 0.185. The number of hydrogen-bond donors (Lipinski definition) is 2. The quantitative estimate of drug-likeness (QED) is 0.879. The number of anilines is 1. The molecule has 1 amide bonds. The molecule has 1 saturated carbocycles. The Labute approximate surface area is 111 Å². The Kier molecular flexibility index (Phi) is 3.85. The number of amides is 1. The van der Waals surface area contributed by atoms with E-state index in [0.29, 0.717) is 10.1 Å². The summed E-state index contributed by atoms with van der Waals surface area (Å²) in [5.74, 6) is -0.100. The zero-order valence-electron chi connectivity index (χ0n) is 11.1. The minimum Gasteiger partial charge on any atom is -0.360 e. The van der Waals surface area contributed by atoms with Gasteiger partial charge in [0.2, 0.25) is 10.1 Å². The zero-order valence-corrected chi connectivity index (χ0v) is 11.9. The molecule has 1 aliphatic rings. The summed E-state index contributed by atoms with van der Waals surface area (Å²) < 4.78 is 0. The smallest absolute Gasteiger partial charge is 0.282 e. The molecule has 1 aliphatic carbocycles. The second-order valence-corrected chi connectivity index (χ2v) is 6.33. The van der Waals surface area contributed by atoms with Crippen molar-refractivity contribution >= 4 is 22.4 Å². The van der Waals surface area contributed by atoms with Gasteiger partial charge < -0.3 is 10.6 Å². The summed E-state index contributed by atoms with van der Waals surface area (Å²) in [7, 11) is 0. The molecule has 100 valence electrons. The van der Waals surface area contributed by atoms with Gasteiger partial charge in [-0.3, -0.25) is 4.79 Å². The standard InChI is InChI=1S/C12H20N4OS/c1-4-13-11-16-15-10(18-11)9(17)14-8-6-5-7-12(8,2)3/h8H,4-7H2,1-3H3,(H,13,16)(H,14,17). The molecule has 1 atom stereocenters. The maximum atomic E-state index is 12.1. The monoisotopic (exact) mass is 268 g/mol. The number of rotatable bonds is 4. The van der Waals surface area contributed by atoms with Crippen LogP contribution in [0.25, 0.3) is 0 Å². The molecule has 0 radical (unpaired) electrons. The van der Waals surface area contributed by atoms with Crippen molar-refractivity contribution in [2.24, 2.45) is 5.41 Å². The lowest BCUT2D eigenvalue weighted by Gasteiger charge is -2.27. The van der Waals surface area contributed by atoms with Crippen molar-refractivity contribution in [2.45, 2.75) is 46.1 Å². The van der Waals surface area contributed by atoms with Crippen LogP contribution in [0.5, 0.6) is 0 Å². The fraction of sp³-hybridized carbons (Fsp3) is 0.750. The maximum Gasteiger partial charge on any atom is 0.282 e. The second-order valence-electron chi connectivity index (χ2n) is 5.35. The number of nitrogens with zero attached hydrogens (tertiary/aromatic N) is 2. The molecule has 6 heteroatoms. The molecule has 1 aromatic rings. The van der Waals surface area contributed by atoms with Gasteiger partial charge >= 0.3 is 0 Å². The van der Waals surface area contributed by atoms with Gasteiger partial charge in [0.25, 0.3) is 5.91 Å². The molecule has 1 heterocycles. The van der Waals surface area contributed by atoms with Crippen molar-refractivity contribution in [2.75, 3.05) is 11.9 Å². The van der Waals surface area contributed by atoms with Crippen LogP contribution in [0, 0.1) is 5.41 Å². The molecular weight excluding hydrogens is 248 g/mol. The Balaban J connectivity index is 1.98. The highest BCUT2D eigenvalue weighted by Crippen LogP contribution is 2.37. The van der Waals surface area contributed by atoms with Crippen molar-refractivity contribution in [3.05, 3.63) is 5.01 Å². The van der Waals surface area contributed by atoms with Gasteiger partial charge in [-0.15, -0.1) is 10.2 Å². The summed E-state index contributed by atoms with van der Waals surface area (Å²) in [4.78, 5) is 12.1. The van der Waals surface area contributed by atoms with Gasteiger partial charge in [-0.2, -0.15) is 0 Å². The van der Waals surface area contributed by atoms with Crippen molar-refractivity contribution < 1.29 is 4.79 Å². The normalized spacial score (nSPS) is 21.8. The average Bonchev–Trinajstić information content (AvgIpc) is 2.87. The predicted molar refractivity (Wildman–Crippen MR) is 73.0 cm³/mol. The molecule has 2 rings (SSSR count). The molecule has 0 saturated heterocycles. The lowest BCUT2D eigenvalue weighted by molar-refractivity contribution is 0.0909. The van der Waals surface area contributed by atoms with E-state index in [1.165, 1.54) is 17.8 Å². The molecular formula is C12H20N4OS. The van der Waals surface area contributed by atoms with Crippen molar-refractivity contribution in [1.82, 2.24) is 15.5 Å². The number of nitrogens with one attached hydrogen (secondary N) is 2. The minimum atomic E-state index is -0.100. The number of carbonyl (C=O) groups is 1. The van der Waals surface area contributed by atoms with Gasteiger partial charge in [-0.1, -0.05) is 31.6 Å². The Morgan fingerprint density at radius 1 is 1.50 bits per heavy atom. The summed E-state index contributed by atoms with van der Waals surface area (Å²) >= 11 is 1.30. The highest BCUT2D eigenvalue weighted by molar-refractivity contribution is 7.17. The van der Waals surface area contributed by atoms with Gasteiger partial charge in [-0.25, -0.2) is 0 Å². The Hall–Kier alpha value is -1.17. The topological polar surface area (TPSA) is 66.9 Å². The van der Waals surface area contributed by atoms with Crippen molar-refractivity contribution in [3.8, 4) is 0 Å². The van der Waals surface area contributed by atoms with E-state index in [-0.39, 0.29) is 17.4 Å². The first-order valence-electron chi connectivity index (χ1n) is 6.41. The third kappa shape index (κ3) is 2.80. The largest absolute Gasteiger partial charge is 0.360 e. The molecule has 2 N–H and O–H groups in total. The summed E-state index contributed by atoms with van der Waals surface area (Å²) in [6.45, 7) is 7.18. The highest BCUT2D eigenvalue weighted by atomic mass is 32.1. The zero-order chi connectivity index (χ0) is 13.2. The van der Waals surface area contributed by atoms with Crippen LogP contribution in [0.2, 0.25) is 0 Å². The molecule has 0 aliphatic heterocycles. The molecule has 1 unspecified atom stereocenters. The fourth-order valence-corrected chi connectivity index (χ4v) is 3.07. The Morgan fingerprint density at radius 2 is 2.28 bits per heavy atom. The summed E-state index contributed by atoms with van der Waals surface area (Å²) in [5, 5.41) is 15.1. The number of hydrogen-bond acceptors (Lipinski definition) is 5. The first-order valence-corrected chi connectivity index (χ1v) is 7.23. The van der Waals surface area contributed by atoms with E-state index >= 15 is 0 Å². The van der Waals surface area contributed by atoms with Gasteiger partial charge in [0, 0.05) is 12.6 Å². The van der Waals surface area contributed by atoms with Crippen LogP contribution >= 0.6 is 11.3 Å². The highest BCUT2D eigenvalue weighted by Gasteiger charge is 2.35. The Morgan fingerprint density at radius 3 is 2.89 bits per heavy atom. The molecule has 18 heavy (non-hydrogen) atoms. The summed E-state index contributed by atoms with van der Waals surface area (Å²) in [6, 6.07) is 0.247. The van der Waals surface area contributed by atoms with Crippen LogP contribution in [0.4, 0.5) is 5.13 Å². The third-order valence-corrected chi connectivity index (χ3v) is 4.39. The van der Waals surface area contributed by atoms with Gasteiger partial charge in [0.05, 0.1) is 0 Å². The van der Waals surface area contributed by atoms with Gasteiger partial charge in [0.1, 0.15) is 0 Å².